The zero-order valence-electron chi connectivity index (χ0n) is 14.3. The zero-order chi connectivity index (χ0) is 19.1. The molecule has 0 atom stereocenters. The van der Waals surface area contributed by atoms with Gasteiger partial charge in [-0.3, -0.25) is 9.59 Å². The SMILES string of the molecule is CN(C)C(=O)c1cccc(NC(=O)CNc2ccccc2OC(F)F)c1. The van der Waals surface area contributed by atoms with Gasteiger partial charge in [-0.1, -0.05) is 18.2 Å². The van der Waals surface area contributed by atoms with Crippen LogP contribution in [-0.4, -0.2) is 44.0 Å². The van der Waals surface area contributed by atoms with E-state index in [4.69, 9.17) is 0 Å². The van der Waals surface area contributed by atoms with Crippen molar-refractivity contribution in [2.24, 2.45) is 0 Å². The van der Waals surface area contributed by atoms with Gasteiger partial charge in [-0.2, -0.15) is 8.78 Å². The normalized spacial score (nSPS) is 10.3. The highest BCUT2D eigenvalue weighted by Crippen LogP contribution is 2.25. The number of ether oxygens (including phenoxy) is 1. The molecule has 0 bridgehead atoms. The van der Waals surface area contributed by atoms with Crippen LogP contribution < -0.4 is 15.4 Å². The highest BCUT2D eigenvalue weighted by Gasteiger charge is 2.11. The maximum Gasteiger partial charge on any atom is 0.387 e. The van der Waals surface area contributed by atoms with Crippen LogP contribution in [0.1, 0.15) is 10.4 Å². The Balaban J connectivity index is 1.98. The molecule has 2 N–H and O–H groups in total. The number of para-hydroxylation sites is 2. The summed E-state index contributed by atoms with van der Waals surface area (Å²) in [6, 6.07) is 12.6. The quantitative estimate of drug-likeness (QED) is 0.793. The molecule has 0 saturated carbocycles. The van der Waals surface area contributed by atoms with Crippen molar-refractivity contribution in [3.63, 3.8) is 0 Å². The second-order valence-electron chi connectivity index (χ2n) is 5.56. The summed E-state index contributed by atoms with van der Waals surface area (Å²) >= 11 is 0. The Bertz CT molecular complexity index is 782. The van der Waals surface area contributed by atoms with Crippen molar-refractivity contribution >= 4 is 23.2 Å². The van der Waals surface area contributed by atoms with Gasteiger partial charge in [0.1, 0.15) is 5.75 Å². The summed E-state index contributed by atoms with van der Waals surface area (Å²) in [4.78, 5) is 25.5. The Morgan fingerprint density at radius 3 is 2.54 bits per heavy atom. The Morgan fingerprint density at radius 1 is 1.12 bits per heavy atom. The molecule has 0 heterocycles. The third-order valence-corrected chi connectivity index (χ3v) is 3.34. The van der Waals surface area contributed by atoms with Crippen molar-refractivity contribution in [1.82, 2.24) is 4.90 Å². The predicted octanol–water partition coefficient (Wildman–Crippen LogP) is 3.04. The molecule has 2 aromatic rings. The maximum absolute atomic E-state index is 12.4. The van der Waals surface area contributed by atoms with Crippen molar-refractivity contribution in [3.8, 4) is 5.75 Å². The van der Waals surface area contributed by atoms with Crippen LogP contribution >= 0.6 is 0 Å². The molecule has 0 aliphatic carbocycles. The van der Waals surface area contributed by atoms with Gasteiger partial charge in [0.25, 0.3) is 5.91 Å². The first-order valence-corrected chi connectivity index (χ1v) is 7.76. The molecular weight excluding hydrogens is 344 g/mol. The lowest BCUT2D eigenvalue weighted by Crippen LogP contribution is -2.23. The van der Waals surface area contributed by atoms with Crippen LogP contribution in [0.3, 0.4) is 0 Å². The lowest BCUT2D eigenvalue weighted by molar-refractivity contribution is -0.114. The minimum Gasteiger partial charge on any atom is -0.433 e. The van der Waals surface area contributed by atoms with Gasteiger partial charge < -0.3 is 20.3 Å². The minimum atomic E-state index is -2.95. The van der Waals surface area contributed by atoms with E-state index in [0.717, 1.165) is 0 Å². The lowest BCUT2D eigenvalue weighted by Gasteiger charge is -2.13. The molecule has 8 heteroatoms. The number of amides is 2. The molecule has 0 saturated heterocycles. The van der Waals surface area contributed by atoms with Crippen LogP contribution in [0, 0.1) is 0 Å². The molecule has 0 unspecified atom stereocenters. The van der Waals surface area contributed by atoms with Crippen LogP contribution in [-0.2, 0) is 4.79 Å². The third-order valence-electron chi connectivity index (χ3n) is 3.34. The minimum absolute atomic E-state index is 0.0473. The summed E-state index contributed by atoms with van der Waals surface area (Å²) in [5.74, 6) is -0.627. The van der Waals surface area contributed by atoms with E-state index in [2.05, 4.69) is 15.4 Å². The number of hydrogen-bond donors (Lipinski definition) is 2. The van der Waals surface area contributed by atoms with E-state index in [1.54, 1.807) is 50.5 Å². The van der Waals surface area contributed by atoms with E-state index in [1.165, 1.54) is 17.0 Å². The number of halogens is 2. The molecule has 138 valence electrons. The standard InChI is InChI=1S/C18H19F2N3O3/c1-23(2)17(25)12-6-5-7-13(10-12)22-16(24)11-21-14-8-3-4-9-15(14)26-18(19)20/h3-10,18,21H,11H2,1-2H3,(H,22,24). The summed E-state index contributed by atoms with van der Waals surface area (Å²) in [6.45, 7) is -3.11. The summed E-state index contributed by atoms with van der Waals surface area (Å²) < 4.78 is 29.2. The largest absolute Gasteiger partial charge is 0.433 e. The van der Waals surface area contributed by atoms with Gasteiger partial charge in [0.15, 0.2) is 0 Å². The Morgan fingerprint density at radius 2 is 1.85 bits per heavy atom. The molecule has 0 aliphatic rings. The molecule has 26 heavy (non-hydrogen) atoms. The van der Waals surface area contributed by atoms with Gasteiger partial charge in [0, 0.05) is 25.3 Å². The smallest absolute Gasteiger partial charge is 0.387 e. The third kappa shape index (κ3) is 5.44. The molecular formula is C18H19F2N3O3. The topological polar surface area (TPSA) is 70.7 Å². The monoisotopic (exact) mass is 363 g/mol. The van der Waals surface area contributed by atoms with E-state index < -0.39 is 12.5 Å². The van der Waals surface area contributed by atoms with Crippen molar-refractivity contribution < 1.29 is 23.1 Å². The van der Waals surface area contributed by atoms with Crippen molar-refractivity contribution in [2.75, 3.05) is 31.3 Å². The fraction of sp³-hybridized carbons (Fsp3) is 0.222. The van der Waals surface area contributed by atoms with Gasteiger partial charge in [-0.05, 0) is 30.3 Å². The molecule has 0 radical (unpaired) electrons. The predicted molar refractivity (Wildman–Crippen MR) is 94.7 cm³/mol. The second-order valence-corrected chi connectivity index (χ2v) is 5.56. The number of nitrogens with one attached hydrogen (secondary N) is 2. The summed E-state index contributed by atoms with van der Waals surface area (Å²) in [6.07, 6.45) is 0. The average Bonchev–Trinajstić information content (AvgIpc) is 2.60. The first-order valence-electron chi connectivity index (χ1n) is 7.76. The molecule has 6 nitrogen and oxygen atoms in total. The Labute approximate surface area is 149 Å². The fourth-order valence-electron chi connectivity index (χ4n) is 2.18. The second kappa shape index (κ2) is 8.80. The highest BCUT2D eigenvalue weighted by molar-refractivity contribution is 5.98. The first kappa shape index (κ1) is 19.2. The average molecular weight is 363 g/mol. The molecule has 0 spiro atoms. The van der Waals surface area contributed by atoms with Gasteiger partial charge >= 0.3 is 6.61 Å². The number of carbonyl (C=O) groups excluding carboxylic acids is 2. The number of alkyl halides is 2. The lowest BCUT2D eigenvalue weighted by atomic mass is 10.2. The number of rotatable bonds is 7. The van der Waals surface area contributed by atoms with E-state index in [1.807, 2.05) is 0 Å². The van der Waals surface area contributed by atoms with Crippen LogP contribution in [0.5, 0.6) is 5.75 Å². The van der Waals surface area contributed by atoms with Gasteiger partial charge in [0.2, 0.25) is 5.91 Å². The van der Waals surface area contributed by atoms with E-state index in [9.17, 15) is 18.4 Å². The van der Waals surface area contributed by atoms with Gasteiger partial charge in [0.05, 0.1) is 12.2 Å². The molecule has 2 amide bonds. The van der Waals surface area contributed by atoms with Crippen LogP contribution in [0.15, 0.2) is 48.5 Å². The van der Waals surface area contributed by atoms with Crippen molar-refractivity contribution in [3.05, 3.63) is 54.1 Å². The Kier molecular flexibility index (Phi) is 6.48. The van der Waals surface area contributed by atoms with Gasteiger partial charge in [-0.25, -0.2) is 0 Å². The Hall–Kier alpha value is -3.16. The number of benzene rings is 2. The molecule has 0 fully saturated rings. The van der Waals surface area contributed by atoms with E-state index >= 15 is 0 Å². The number of hydrogen-bond acceptors (Lipinski definition) is 4. The van der Waals surface area contributed by atoms with Gasteiger partial charge in [-0.15, -0.1) is 0 Å². The number of carbonyl (C=O) groups is 2. The molecule has 2 aromatic carbocycles. The van der Waals surface area contributed by atoms with E-state index in [0.29, 0.717) is 11.3 Å². The zero-order valence-corrected chi connectivity index (χ0v) is 14.3. The fourth-order valence-corrected chi connectivity index (χ4v) is 2.18. The van der Waals surface area contributed by atoms with Crippen LogP contribution in [0.4, 0.5) is 20.2 Å². The van der Waals surface area contributed by atoms with Crippen LogP contribution in [0.25, 0.3) is 0 Å². The summed E-state index contributed by atoms with van der Waals surface area (Å²) in [5.41, 5.74) is 1.18. The number of nitrogens with zero attached hydrogens (tertiary/aromatic N) is 1. The molecule has 0 aliphatic heterocycles. The highest BCUT2D eigenvalue weighted by atomic mass is 19.3. The van der Waals surface area contributed by atoms with Crippen LogP contribution in [0.2, 0.25) is 0 Å². The maximum atomic E-state index is 12.4. The first-order chi connectivity index (χ1) is 12.4. The van der Waals surface area contributed by atoms with Crippen molar-refractivity contribution in [2.45, 2.75) is 6.61 Å². The summed E-state index contributed by atoms with van der Waals surface area (Å²) in [5, 5.41) is 5.39. The molecule has 0 aromatic heterocycles. The van der Waals surface area contributed by atoms with E-state index in [-0.39, 0.29) is 23.9 Å². The molecule has 2 rings (SSSR count). The number of anilines is 2. The van der Waals surface area contributed by atoms with Crippen molar-refractivity contribution in [1.29, 1.82) is 0 Å². The summed E-state index contributed by atoms with van der Waals surface area (Å²) in [7, 11) is 3.27.